The molecule has 0 amide bonds. The molecule has 0 saturated carbocycles. The average Bonchev–Trinajstić information content (AvgIpc) is 2.90. The molecule has 1 fully saturated rings. The third kappa shape index (κ3) is 3.01. The van der Waals surface area contributed by atoms with Crippen LogP contribution in [0.2, 0.25) is 0 Å². The Labute approximate surface area is 166 Å². The predicted molar refractivity (Wildman–Crippen MR) is 113 cm³/mol. The second kappa shape index (κ2) is 7.08. The van der Waals surface area contributed by atoms with Gasteiger partial charge in [0.2, 0.25) is 0 Å². The lowest BCUT2D eigenvalue weighted by molar-refractivity contribution is 0.548. The number of hydrogen-bond acceptors (Lipinski definition) is 5. The third-order valence-electron chi connectivity index (χ3n) is 6.17. The van der Waals surface area contributed by atoms with Crippen molar-refractivity contribution < 1.29 is 0 Å². The van der Waals surface area contributed by atoms with Gasteiger partial charge >= 0.3 is 0 Å². The van der Waals surface area contributed by atoms with E-state index in [4.69, 9.17) is 4.98 Å². The normalized spacial score (nSPS) is 20.3. The van der Waals surface area contributed by atoms with Crippen molar-refractivity contribution in [2.75, 3.05) is 29.4 Å². The fourth-order valence-corrected chi connectivity index (χ4v) is 4.63. The molecule has 2 aromatic heterocycles. The van der Waals surface area contributed by atoms with Crippen molar-refractivity contribution in [1.82, 2.24) is 19.5 Å². The SMILES string of the molecule is Cc1ccc(N2CCN(c3ncnc4c3nc3n4CCCCC3)C[C@@H]2C)cc1. The zero-order chi connectivity index (χ0) is 19.1. The third-order valence-corrected chi connectivity index (χ3v) is 6.17. The molecule has 0 N–H and O–H groups in total. The standard InChI is InChI=1S/C22H28N6/c1-16-7-9-18(10-8-16)27-13-12-26(14-17(27)2)21-20-22(24-15-23-21)28-11-5-3-4-6-19(28)25-20/h7-10,15,17H,3-6,11-14H2,1-2H3/t17-/m0/s1. The van der Waals surface area contributed by atoms with Crippen LogP contribution >= 0.6 is 0 Å². The van der Waals surface area contributed by atoms with Gasteiger partial charge in [-0.05, 0) is 38.8 Å². The number of nitrogens with zero attached hydrogens (tertiary/aromatic N) is 6. The Balaban J connectivity index is 1.43. The Morgan fingerprint density at radius 1 is 0.964 bits per heavy atom. The first-order valence-electron chi connectivity index (χ1n) is 10.5. The molecule has 0 radical (unpaired) electrons. The first-order valence-corrected chi connectivity index (χ1v) is 10.5. The molecule has 6 heteroatoms. The molecule has 2 aliphatic heterocycles. The quantitative estimate of drug-likeness (QED) is 0.684. The summed E-state index contributed by atoms with van der Waals surface area (Å²) in [6.45, 7) is 8.35. The number of aromatic nitrogens is 4. The minimum absolute atomic E-state index is 0.418. The molecule has 6 nitrogen and oxygen atoms in total. The molecule has 1 saturated heterocycles. The molecule has 28 heavy (non-hydrogen) atoms. The van der Waals surface area contributed by atoms with Crippen LogP contribution < -0.4 is 9.80 Å². The summed E-state index contributed by atoms with van der Waals surface area (Å²) in [5.41, 5.74) is 4.60. The highest BCUT2D eigenvalue weighted by molar-refractivity contribution is 5.84. The van der Waals surface area contributed by atoms with E-state index in [0.717, 1.165) is 49.6 Å². The molecule has 1 atom stereocenters. The Morgan fingerprint density at radius 3 is 2.64 bits per heavy atom. The van der Waals surface area contributed by atoms with Crippen molar-refractivity contribution in [2.45, 2.75) is 52.1 Å². The summed E-state index contributed by atoms with van der Waals surface area (Å²) in [5.74, 6) is 2.18. The lowest BCUT2D eigenvalue weighted by atomic mass is 10.1. The number of rotatable bonds is 2. The van der Waals surface area contributed by atoms with Gasteiger partial charge in [-0.3, -0.25) is 0 Å². The molecule has 5 rings (SSSR count). The van der Waals surface area contributed by atoms with Gasteiger partial charge < -0.3 is 14.4 Å². The molecule has 0 bridgehead atoms. The smallest absolute Gasteiger partial charge is 0.165 e. The van der Waals surface area contributed by atoms with Crippen molar-refractivity contribution in [1.29, 1.82) is 0 Å². The van der Waals surface area contributed by atoms with Crippen LogP contribution in [0.5, 0.6) is 0 Å². The summed E-state index contributed by atoms with van der Waals surface area (Å²) in [6.07, 6.45) is 6.48. The number of imidazole rings is 1. The van der Waals surface area contributed by atoms with Gasteiger partial charge in [0, 0.05) is 44.3 Å². The molecule has 146 valence electrons. The van der Waals surface area contributed by atoms with E-state index in [0.29, 0.717) is 6.04 Å². The van der Waals surface area contributed by atoms with Gasteiger partial charge in [-0.15, -0.1) is 0 Å². The fourth-order valence-electron chi connectivity index (χ4n) is 4.63. The van der Waals surface area contributed by atoms with Crippen LogP contribution in [0.3, 0.4) is 0 Å². The first-order chi connectivity index (χ1) is 13.7. The second-order valence-electron chi connectivity index (χ2n) is 8.18. The highest BCUT2D eigenvalue weighted by atomic mass is 15.3. The van der Waals surface area contributed by atoms with E-state index in [1.807, 2.05) is 0 Å². The van der Waals surface area contributed by atoms with E-state index < -0.39 is 0 Å². The number of aryl methyl sites for hydroxylation is 3. The van der Waals surface area contributed by atoms with Crippen molar-refractivity contribution >= 4 is 22.7 Å². The molecular formula is C22H28N6. The molecule has 0 spiro atoms. The van der Waals surface area contributed by atoms with Crippen LogP contribution in [0.15, 0.2) is 30.6 Å². The molecule has 0 aliphatic carbocycles. The van der Waals surface area contributed by atoms with E-state index in [2.05, 4.69) is 62.4 Å². The van der Waals surface area contributed by atoms with E-state index in [1.54, 1.807) is 6.33 Å². The molecule has 3 aromatic rings. The van der Waals surface area contributed by atoms with Gasteiger partial charge in [-0.25, -0.2) is 15.0 Å². The zero-order valence-electron chi connectivity index (χ0n) is 16.8. The minimum Gasteiger partial charge on any atom is -0.365 e. The Hall–Kier alpha value is -2.63. The Bertz CT molecular complexity index is 977. The zero-order valence-corrected chi connectivity index (χ0v) is 16.8. The molecular weight excluding hydrogens is 348 g/mol. The molecule has 1 aromatic carbocycles. The number of fused-ring (bicyclic) bond motifs is 3. The summed E-state index contributed by atoms with van der Waals surface area (Å²) in [6, 6.07) is 9.27. The molecule has 4 heterocycles. The minimum atomic E-state index is 0.418. The summed E-state index contributed by atoms with van der Waals surface area (Å²) in [7, 11) is 0. The maximum absolute atomic E-state index is 4.98. The summed E-state index contributed by atoms with van der Waals surface area (Å²) in [5, 5.41) is 0. The molecule has 2 aliphatic rings. The van der Waals surface area contributed by atoms with E-state index in [9.17, 15) is 0 Å². The van der Waals surface area contributed by atoms with Crippen LogP contribution in [0, 0.1) is 6.92 Å². The Kier molecular flexibility index (Phi) is 4.41. The highest BCUT2D eigenvalue weighted by Crippen LogP contribution is 2.29. The lowest BCUT2D eigenvalue weighted by Crippen LogP contribution is -2.52. The van der Waals surface area contributed by atoms with Crippen molar-refractivity contribution in [3.63, 3.8) is 0 Å². The van der Waals surface area contributed by atoms with Crippen LogP contribution in [-0.2, 0) is 13.0 Å². The van der Waals surface area contributed by atoms with E-state index in [1.165, 1.54) is 36.3 Å². The largest absolute Gasteiger partial charge is 0.365 e. The Morgan fingerprint density at radius 2 is 1.82 bits per heavy atom. The van der Waals surface area contributed by atoms with Crippen molar-refractivity contribution in [3.8, 4) is 0 Å². The van der Waals surface area contributed by atoms with Gasteiger partial charge in [-0.1, -0.05) is 24.1 Å². The molecule has 0 unspecified atom stereocenters. The predicted octanol–water partition coefficient (Wildman–Crippen LogP) is 3.58. The number of benzene rings is 1. The van der Waals surface area contributed by atoms with E-state index in [-0.39, 0.29) is 0 Å². The second-order valence-corrected chi connectivity index (χ2v) is 8.18. The van der Waals surface area contributed by atoms with E-state index >= 15 is 0 Å². The number of piperazine rings is 1. The maximum atomic E-state index is 4.98. The van der Waals surface area contributed by atoms with Gasteiger partial charge in [0.15, 0.2) is 17.0 Å². The topological polar surface area (TPSA) is 50.1 Å². The fraction of sp³-hybridized carbons (Fsp3) is 0.500. The van der Waals surface area contributed by atoms with Gasteiger partial charge in [0.05, 0.1) is 0 Å². The lowest BCUT2D eigenvalue weighted by Gasteiger charge is -2.41. The van der Waals surface area contributed by atoms with Crippen LogP contribution in [0.1, 0.15) is 37.6 Å². The number of anilines is 2. The maximum Gasteiger partial charge on any atom is 0.165 e. The van der Waals surface area contributed by atoms with Crippen molar-refractivity contribution in [3.05, 3.63) is 42.0 Å². The highest BCUT2D eigenvalue weighted by Gasteiger charge is 2.27. The number of hydrogen-bond donors (Lipinski definition) is 0. The van der Waals surface area contributed by atoms with Crippen LogP contribution in [-0.4, -0.2) is 45.2 Å². The van der Waals surface area contributed by atoms with Gasteiger partial charge in [0.25, 0.3) is 0 Å². The average molecular weight is 377 g/mol. The first kappa shape index (κ1) is 17.5. The van der Waals surface area contributed by atoms with Gasteiger partial charge in [-0.2, -0.15) is 0 Å². The van der Waals surface area contributed by atoms with Crippen LogP contribution in [0.25, 0.3) is 11.2 Å². The summed E-state index contributed by atoms with van der Waals surface area (Å²) >= 11 is 0. The van der Waals surface area contributed by atoms with Gasteiger partial charge in [0.1, 0.15) is 12.2 Å². The van der Waals surface area contributed by atoms with Crippen LogP contribution in [0.4, 0.5) is 11.5 Å². The summed E-state index contributed by atoms with van der Waals surface area (Å²) in [4.78, 5) is 19.1. The summed E-state index contributed by atoms with van der Waals surface area (Å²) < 4.78 is 2.32. The van der Waals surface area contributed by atoms with Crippen molar-refractivity contribution in [2.24, 2.45) is 0 Å². The monoisotopic (exact) mass is 376 g/mol.